The lowest BCUT2D eigenvalue weighted by Crippen LogP contribution is -2.54. The Morgan fingerprint density at radius 3 is 1.64 bits per heavy atom. The molecule has 5 heteroatoms. The summed E-state index contributed by atoms with van der Waals surface area (Å²) >= 11 is 0. The van der Waals surface area contributed by atoms with E-state index in [9.17, 15) is 4.79 Å². The Hall–Kier alpha value is -2.63. The smallest absolute Gasteiger partial charge is 0.264 e. The molecule has 1 aliphatic carbocycles. The van der Waals surface area contributed by atoms with E-state index in [-0.39, 0.29) is 18.1 Å². The Bertz CT molecular complexity index is 687. The van der Waals surface area contributed by atoms with Crippen LogP contribution in [0.3, 0.4) is 0 Å². The van der Waals surface area contributed by atoms with Crippen LogP contribution in [0.25, 0.3) is 0 Å². The number of nitrogens with zero attached hydrogens (tertiary/aromatic N) is 2. The van der Waals surface area contributed by atoms with Gasteiger partial charge in [0, 0.05) is 6.42 Å². The zero-order valence-corrected chi connectivity index (χ0v) is 13.8. The fourth-order valence-electron chi connectivity index (χ4n) is 3.13. The molecule has 25 heavy (non-hydrogen) atoms. The van der Waals surface area contributed by atoms with Crippen molar-refractivity contribution in [1.29, 1.82) is 0 Å². The highest BCUT2D eigenvalue weighted by Gasteiger charge is 2.43. The van der Waals surface area contributed by atoms with Crippen LogP contribution in [-0.4, -0.2) is 28.2 Å². The van der Waals surface area contributed by atoms with Crippen LogP contribution < -0.4 is 0 Å². The molecule has 2 aromatic carbocycles. The number of fused-ring (bicyclic) bond motifs is 2. The van der Waals surface area contributed by atoms with Gasteiger partial charge in [-0.2, -0.15) is 10.1 Å². The summed E-state index contributed by atoms with van der Waals surface area (Å²) in [5.74, 6) is 0. The van der Waals surface area contributed by atoms with E-state index in [4.69, 9.17) is 9.68 Å². The van der Waals surface area contributed by atoms with Crippen LogP contribution in [0.5, 0.6) is 0 Å². The van der Waals surface area contributed by atoms with Crippen molar-refractivity contribution in [3.63, 3.8) is 0 Å². The topological polar surface area (TPSA) is 42.0 Å². The largest absolute Gasteiger partial charge is 0.368 e. The van der Waals surface area contributed by atoms with Gasteiger partial charge >= 0.3 is 6.03 Å². The van der Waals surface area contributed by atoms with E-state index in [1.807, 2.05) is 72.8 Å². The summed E-state index contributed by atoms with van der Waals surface area (Å²) in [5, 5.41) is 2.86. The van der Waals surface area contributed by atoms with Crippen molar-refractivity contribution in [2.24, 2.45) is 0 Å². The van der Waals surface area contributed by atoms with Crippen molar-refractivity contribution in [2.45, 2.75) is 31.7 Å². The van der Waals surface area contributed by atoms with E-state index < -0.39 is 0 Å². The van der Waals surface area contributed by atoms with Crippen molar-refractivity contribution in [2.75, 3.05) is 0 Å². The number of amides is 2. The molecule has 0 N–H and O–H groups in total. The summed E-state index contributed by atoms with van der Waals surface area (Å²) in [6.45, 7) is 0.711. The number of hydrogen-bond donors (Lipinski definition) is 0. The van der Waals surface area contributed by atoms with Gasteiger partial charge in [0.25, 0.3) is 0 Å². The molecule has 2 aromatic rings. The zero-order valence-electron chi connectivity index (χ0n) is 13.8. The summed E-state index contributed by atoms with van der Waals surface area (Å²) < 4.78 is 0. The monoisotopic (exact) mass is 336 g/mol. The maximum Gasteiger partial charge on any atom is 0.368 e. The van der Waals surface area contributed by atoms with Gasteiger partial charge in [0.1, 0.15) is 13.2 Å². The molecule has 128 valence electrons. The molecule has 1 heterocycles. The Morgan fingerprint density at radius 2 is 1.20 bits per heavy atom. The molecule has 4 rings (SSSR count). The first kappa shape index (κ1) is 15.9. The maximum atomic E-state index is 12.8. The minimum absolute atomic E-state index is 0.0298. The lowest BCUT2D eigenvalue weighted by molar-refractivity contribution is -0.226. The zero-order chi connectivity index (χ0) is 17.1. The minimum Gasteiger partial charge on any atom is -0.264 e. The number of hydrogen-bond acceptors (Lipinski definition) is 3. The first-order chi connectivity index (χ1) is 12.3. The molecule has 0 saturated carbocycles. The summed E-state index contributed by atoms with van der Waals surface area (Å²) in [6, 6.07) is 19.3. The number of hydroxylamine groups is 4. The summed E-state index contributed by atoms with van der Waals surface area (Å²) in [4.78, 5) is 24.4. The van der Waals surface area contributed by atoms with Gasteiger partial charge in [-0.1, -0.05) is 72.8 Å². The predicted octanol–water partition coefficient (Wildman–Crippen LogP) is 3.68. The van der Waals surface area contributed by atoms with Crippen molar-refractivity contribution in [1.82, 2.24) is 10.1 Å². The average Bonchev–Trinajstić information content (AvgIpc) is 3.09. The van der Waals surface area contributed by atoms with Gasteiger partial charge in [-0.3, -0.25) is 9.68 Å². The minimum atomic E-state index is -0.252. The molecule has 5 nitrogen and oxygen atoms in total. The molecule has 2 atom stereocenters. The third-order valence-electron chi connectivity index (χ3n) is 4.44. The van der Waals surface area contributed by atoms with Gasteiger partial charge in [0.2, 0.25) is 0 Å². The summed E-state index contributed by atoms with van der Waals surface area (Å²) in [7, 11) is 0. The van der Waals surface area contributed by atoms with Gasteiger partial charge in [0.05, 0.1) is 12.1 Å². The number of urea groups is 1. The Kier molecular flexibility index (Phi) is 4.50. The molecule has 2 bridgehead atoms. The van der Waals surface area contributed by atoms with Gasteiger partial charge in [-0.25, -0.2) is 4.79 Å². The van der Waals surface area contributed by atoms with E-state index in [2.05, 4.69) is 0 Å². The molecule has 1 saturated heterocycles. The molecular weight excluding hydrogens is 316 g/mol. The van der Waals surface area contributed by atoms with E-state index >= 15 is 0 Å². The van der Waals surface area contributed by atoms with Crippen LogP contribution in [0.15, 0.2) is 72.8 Å². The van der Waals surface area contributed by atoms with Crippen molar-refractivity contribution < 1.29 is 14.5 Å². The van der Waals surface area contributed by atoms with Crippen LogP contribution in [0.1, 0.15) is 17.5 Å². The second-order valence-corrected chi connectivity index (χ2v) is 6.21. The standard InChI is InChI=1S/C20H20N2O3/c23-20-21(24-14-16-7-3-1-4-8-16)18-11-12-19(13-18)22(20)25-15-17-9-5-2-6-10-17/h1-12,18-19H,13-15H2. The van der Waals surface area contributed by atoms with E-state index in [1.165, 1.54) is 10.1 Å². The molecule has 2 amide bonds. The molecule has 2 unspecified atom stereocenters. The maximum absolute atomic E-state index is 12.8. The third-order valence-corrected chi connectivity index (χ3v) is 4.44. The van der Waals surface area contributed by atoms with Gasteiger partial charge in [0.15, 0.2) is 0 Å². The number of carbonyl (C=O) groups excluding carboxylic acids is 1. The fourth-order valence-corrected chi connectivity index (χ4v) is 3.13. The third kappa shape index (κ3) is 3.43. The average molecular weight is 336 g/mol. The van der Waals surface area contributed by atoms with Crippen LogP contribution >= 0.6 is 0 Å². The van der Waals surface area contributed by atoms with Crippen molar-refractivity contribution in [3.05, 3.63) is 83.9 Å². The van der Waals surface area contributed by atoms with Crippen LogP contribution in [0.2, 0.25) is 0 Å². The lowest BCUT2D eigenvalue weighted by Gasteiger charge is -2.38. The highest BCUT2D eigenvalue weighted by atomic mass is 16.7. The number of rotatable bonds is 6. The molecule has 1 fully saturated rings. The van der Waals surface area contributed by atoms with E-state index in [1.54, 1.807) is 0 Å². The molecule has 0 aromatic heterocycles. The molecular formula is C20H20N2O3. The molecule has 0 radical (unpaired) electrons. The Labute approximate surface area is 147 Å². The number of carbonyl (C=O) groups is 1. The normalized spacial score (nSPS) is 21.8. The molecule has 0 spiro atoms. The highest BCUT2D eigenvalue weighted by molar-refractivity contribution is 5.75. The van der Waals surface area contributed by atoms with E-state index in [0.29, 0.717) is 13.2 Å². The van der Waals surface area contributed by atoms with Gasteiger partial charge in [-0.05, 0) is 11.1 Å². The van der Waals surface area contributed by atoms with Crippen molar-refractivity contribution >= 4 is 6.03 Å². The second kappa shape index (κ2) is 7.09. The van der Waals surface area contributed by atoms with Crippen LogP contribution in [0, 0.1) is 0 Å². The lowest BCUT2D eigenvalue weighted by atomic mass is 10.1. The SMILES string of the molecule is O=C1N(OCc2ccccc2)C2C=CC(C2)N1OCc1ccccc1. The Morgan fingerprint density at radius 1 is 0.760 bits per heavy atom. The first-order valence-electron chi connectivity index (χ1n) is 8.46. The fraction of sp³-hybridized carbons (Fsp3) is 0.250. The van der Waals surface area contributed by atoms with Crippen LogP contribution in [0.4, 0.5) is 4.79 Å². The van der Waals surface area contributed by atoms with E-state index in [0.717, 1.165) is 17.5 Å². The quantitative estimate of drug-likeness (QED) is 0.756. The summed E-state index contributed by atoms with van der Waals surface area (Å²) in [6.07, 6.45) is 4.81. The second-order valence-electron chi connectivity index (χ2n) is 6.21. The highest BCUT2D eigenvalue weighted by Crippen LogP contribution is 2.30. The molecule has 1 aliphatic heterocycles. The Balaban J connectivity index is 1.42. The van der Waals surface area contributed by atoms with Gasteiger partial charge < -0.3 is 0 Å². The first-order valence-corrected chi connectivity index (χ1v) is 8.46. The number of benzene rings is 2. The van der Waals surface area contributed by atoms with Gasteiger partial charge in [-0.15, -0.1) is 0 Å². The van der Waals surface area contributed by atoms with Crippen molar-refractivity contribution in [3.8, 4) is 0 Å². The molecule has 2 aliphatic rings. The van der Waals surface area contributed by atoms with Crippen LogP contribution in [-0.2, 0) is 22.9 Å². The predicted molar refractivity (Wildman–Crippen MR) is 92.9 cm³/mol. The summed E-state index contributed by atoms with van der Waals surface area (Å²) in [5.41, 5.74) is 2.05.